The zero-order valence-electron chi connectivity index (χ0n) is 9.80. The lowest BCUT2D eigenvalue weighted by molar-refractivity contribution is 0.797. The molecule has 4 nitrogen and oxygen atoms in total. The maximum absolute atomic E-state index is 5.58. The van der Waals surface area contributed by atoms with Crippen LogP contribution in [0.2, 0.25) is 0 Å². The second-order valence-electron chi connectivity index (χ2n) is 4.00. The first-order chi connectivity index (χ1) is 8.25. The molecular formula is C13H16N4. The van der Waals surface area contributed by atoms with E-state index >= 15 is 0 Å². The van der Waals surface area contributed by atoms with E-state index in [1.165, 1.54) is 5.56 Å². The van der Waals surface area contributed by atoms with Crippen LogP contribution >= 0.6 is 0 Å². The largest absolute Gasteiger partial charge is 0.384 e. The van der Waals surface area contributed by atoms with E-state index in [0.717, 1.165) is 6.54 Å². The fourth-order valence-electron chi connectivity index (χ4n) is 1.60. The van der Waals surface area contributed by atoms with Crippen molar-refractivity contribution in [3.8, 4) is 0 Å². The average Bonchev–Trinajstić information content (AvgIpc) is 2.37. The Bertz CT molecular complexity index is 470. The Morgan fingerprint density at radius 1 is 1.24 bits per heavy atom. The Balaban J connectivity index is 1.95. The first-order valence-electron chi connectivity index (χ1n) is 5.63. The van der Waals surface area contributed by atoms with Gasteiger partial charge in [0.1, 0.15) is 5.82 Å². The maximum atomic E-state index is 5.58. The van der Waals surface area contributed by atoms with Gasteiger partial charge >= 0.3 is 0 Å². The van der Waals surface area contributed by atoms with Crippen LogP contribution in [0.25, 0.3) is 0 Å². The maximum Gasteiger partial charge on any atom is 0.224 e. The molecule has 1 atom stereocenters. The molecule has 0 radical (unpaired) electrons. The number of nitrogens with two attached hydrogens (primary N) is 1. The molecule has 2 rings (SSSR count). The van der Waals surface area contributed by atoms with Crippen molar-refractivity contribution in [1.29, 1.82) is 0 Å². The zero-order chi connectivity index (χ0) is 12.1. The fourth-order valence-corrected chi connectivity index (χ4v) is 1.60. The van der Waals surface area contributed by atoms with Crippen LogP contribution in [0.4, 0.5) is 11.8 Å². The molecule has 1 heterocycles. The van der Waals surface area contributed by atoms with Gasteiger partial charge in [-0.15, -0.1) is 0 Å². The van der Waals surface area contributed by atoms with Crippen LogP contribution in [0.3, 0.4) is 0 Å². The summed E-state index contributed by atoms with van der Waals surface area (Å²) in [4.78, 5) is 8.20. The third-order valence-corrected chi connectivity index (χ3v) is 2.61. The summed E-state index contributed by atoms with van der Waals surface area (Å²) < 4.78 is 0. The van der Waals surface area contributed by atoms with Crippen LogP contribution < -0.4 is 11.1 Å². The van der Waals surface area contributed by atoms with Gasteiger partial charge in [0.15, 0.2) is 0 Å². The minimum absolute atomic E-state index is 0.404. The van der Waals surface area contributed by atoms with Crippen molar-refractivity contribution in [3.05, 3.63) is 48.2 Å². The summed E-state index contributed by atoms with van der Waals surface area (Å²) in [5.41, 5.74) is 6.88. The van der Waals surface area contributed by atoms with Crippen molar-refractivity contribution >= 4 is 11.8 Å². The highest BCUT2D eigenvalue weighted by atomic mass is 15.1. The van der Waals surface area contributed by atoms with E-state index in [2.05, 4.69) is 34.3 Å². The van der Waals surface area contributed by atoms with Gasteiger partial charge in [-0.2, -0.15) is 4.98 Å². The van der Waals surface area contributed by atoms with Gasteiger partial charge in [-0.3, -0.25) is 0 Å². The topological polar surface area (TPSA) is 63.8 Å². The van der Waals surface area contributed by atoms with Crippen molar-refractivity contribution in [3.63, 3.8) is 0 Å². The number of aromatic nitrogens is 2. The van der Waals surface area contributed by atoms with Crippen LogP contribution in [0.5, 0.6) is 0 Å². The van der Waals surface area contributed by atoms with E-state index in [0.29, 0.717) is 17.7 Å². The number of anilines is 2. The second-order valence-corrected chi connectivity index (χ2v) is 4.00. The number of rotatable bonds is 4. The normalized spacial score (nSPS) is 12.1. The lowest BCUT2D eigenvalue weighted by Gasteiger charge is -2.12. The van der Waals surface area contributed by atoms with Gasteiger partial charge in [0.05, 0.1) is 0 Å². The van der Waals surface area contributed by atoms with Crippen molar-refractivity contribution < 1.29 is 0 Å². The lowest BCUT2D eigenvalue weighted by atomic mass is 10.0. The Kier molecular flexibility index (Phi) is 3.55. The molecule has 1 aromatic heterocycles. The molecule has 0 aliphatic heterocycles. The van der Waals surface area contributed by atoms with E-state index in [-0.39, 0.29) is 0 Å². The second kappa shape index (κ2) is 5.30. The smallest absolute Gasteiger partial charge is 0.224 e. The number of hydrogen-bond donors (Lipinski definition) is 2. The minimum Gasteiger partial charge on any atom is -0.384 e. The van der Waals surface area contributed by atoms with E-state index in [1.807, 2.05) is 18.2 Å². The molecule has 0 amide bonds. The van der Waals surface area contributed by atoms with Gasteiger partial charge in [0.2, 0.25) is 5.95 Å². The van der Waals surface area contributed by atoms with Crippen molar-refractivity contribution in [1.82, 2.24) is 9.97 Å². The van der Waals surface area contributed by atoms with E-state index in [4.69, 9.17) is 5.73 Å². The molecule has 2 aromatic rings. The minimum atomic E-state index is 0.404. The summed E-state index contributed by atoms with van der Waals surface area (Å²) in [6, 6.07) is 12.0. The van der Waals surface area contributed by atoms with Crippen LogP contribution in [-0.4, -0.2) is 16.5 Å². The highest BCUT2D eigenvalue weighted by Crippen LogP contribution is 2.14. The van der Waals surface area contributed by atoms with Crippen LogP contribution in [-0.2, 0) is 0 Å². The molecule has 0 aliphatic carbocycles. The molecule has 0 bridgehead atoms. The molecule has 3 N–H and O–H groups in total. The molecule has 0 saturated heterocycles. The first kappa shape index (κ1) is 11.4. The van der Waals surface area contributed by atoms with E-state index in [9.17, 15) is 0 Å². The third kappa shape index (κ3) is 3.17. The molecule has 1 aromatic carbocycles. The van der Waals surface area contributed by atoms with Crippen LogP contribution in [0.15, 0.2) is 42.6 Å². The Hall–Kier alpha value is -2.10. The van der Waals surface area contributed by atoms with E-state index < -0.39 is 0 Å². The van der Waals surface area contributed by atoms with Crippen molar-refractivity contribution in [2.75, 3.05) is 17.6 Å². The monoisotopic (exact) mass is 228 g/mol. The van der Waals surface area contributed by atoms with Crippen molar-refractivity contribution in [2.24, 2.45) is 0 Å². The predicted molar refractivity (Wildman–Crippen MR) is 69.8 cm³/mol. The predicted octanol–water partition coefficient (Wildman–Crippen LogP) is 2.27. The summed E-state index contributed by atoms with van der Waals surface area (Å²) >= 11 is 0. The number of benzene rings is 1. The van der Waals surface area contributed by atoms with Gasteiger partial charge in [-0.1, -0.05) is 37.3 Å². The molecule has 0 fully saturated rings. The molecule has 88 valence electrons. The van der Waals surface area contributed by atoms with E-state index in [1.54, 1.807) is 12.3 Å². The highest BCUT2D eigenvalue weighted by Gasteiger charge is 2.05. The molecule has 0 aliphatic rings. The van der Waals surface area contributed by atoms with Crippen LogP contribution in [0.1, 0.15) is 18.4 Å². The highest BCUT2D eigenvalue weighted by molar-refractivity contribution is 5.35. The van der Waals surface area contributed by atoms with Gasteiger partial charge in [-0.05, 0) is 17.5 Å². The van der Waals surface area contributed by atoms with Gasteiger partial charge in [-0.25, -0.2) is 4.98 Å². The molecule has 1 unspecified atom stereocenters. The Morgan fingerprint density at radius 3 is 2.71 bits per heavy atom. The van der Waals surface area contributed by atoms with Gasteiger partial charge < -0.3 is 11.1 Å². The van der Waals surface area contributed by atoms with Crippen molar-refractivity contribution in [2.45, 2.75) is 12.8 Å². The SMILES string of the molecule is CC(CNc1nccc(N)n1)c1ccccc1. The summed E-state index contributed by atoms with van der Waals surface area (Å²) in [5.74, 6) is 1.46. The Morgan fingerprint density at radius 2 is 2.00 bits per heavy atom. The van der Waals surface area contributed by atoms with Gasteiger partial charge in [0.25, 0.3) is 0 Å². The first-order valence-corrected chi connectivity index (χ1v) is 5.63. The third-order valence-electron chi connectivity index (χ3n) is 2.61. The molecule has 0 saturated carbocycles. The molecule has 0 spiro atoms. The molecule has 4 heteroatoms. The number of nitrogens with zero attached hydrogens (tertiary/aromatic N) is 2. The molecular weight excluding hydrogens is 212 g/mol. The van der Waals surface area contributed by atoms with Gasteiger partial charge in [0, 0.05) is 12.7 Å². The number of hydrogen-bond acceptors (Lipinski definition) is 4. The summed E-state index contributed by atoms with van der Waals surface area (Å²) in [5, 5.41) is 3.18. The Labute approximate surface area is 101 Å². The molecule has 17 heavy (non-hydrogen) atoms. The summed E-state index contributed by atoms with van der Waals surface area (Å²) in [6.07, 6.45) is 1.65. The fraction of sp³-hybridized carbons (Fsp3) is 0.231. The summed E-state index contributed by atoms with van der Waals surface area (Å²) in [6.45, 7) is 2.95. The average molecular weight is 228 g/mol. The number of nitrogen functional groups attached to an aromatic ring is 1. The lowest BCUT2D eigenvalue weighted by Crippen LogP contribution is -2.12. The zero-order valence-corrected chi connectivity index (χ0v) is 9.80. The van der Waals surface area contributed by atoms with Crippen LogP contribution in [0, 0.1) is 0 Å². The standard InChI is InChI=1S/C13H16N4/c1-10(11-5-3-2-4-6-11)9-16-13-15-8-7-12(14)17-13/h2-8,10H,9H2,1H3,(H3,14,15,16,17). The quantitative estimate of drug-likeness (QED) is 0.842. The summed E-state index contributed by atoms with van der Waals surface area (Å²) in [7, 11) is 0. The number of nitrogens with one attached hydrogen (secondary N) is 1.